The minimum absolute atomic E-state index is 0.0510. The average Bonchev–Trinajstić information content (AvgIpc) is 1.98. The highest BCUT2D eigenvalue weighted by atomic mass is 16.7. The molecule has 2 N–H and O–H groups in total. The quantitative estimate of drug-likeness (QED) is 0.166. The summed E-state index contributed by atoms with van der Waals surface area (Å²) in [5, 5.41) is 8.16. The number of hydrogen-bond acceptors (Lipinski definition) is 7. The van der Waals surface area contributed by atoms with E-state index < -0.39 is 0 Å². The number of nitrogens with one attached hydrogen (secondary N) is 2. The fourth-order valence-electron chi connectivity index (χ4n) is 9.58. The van der Waals surface area contributed by atoms with E-state index in [-0.39, 0.29) is 5.91 Å². The molecule has 1 fully saturated rings. The lowest BCUT2D eigenvalue weighted by molar-refractivity contribution is 0.0951. The van der Waals surface area contributed by atoms with Crippen LogP contribution in [0.1, 0.15) is 169 Å². The van der Waals surface area contributed by atoms with Gasteiger partial charge in [-0.2, -0.15) is 0 Å². The van der Waals surface area contributed by atoms with Crippen LogP contribution in [0.15, 0.2) is 273 Å². The fraction of sp³-hybridized carbons (Fsp3) is 0.330. The van der Waals surface area contributed by atoms with Crippen LogP contribution < -0.4 is 34.5 Å². The van der Waals surface area contributed by atoms with Gasteiger partial charge in [0.05, 0.1) is 6.67 Å². The molecule has 5 aliphatic rings. The van der Waals surface area contributed by atoms with E-state index in [0.29, 0.717) is 32.2 Å². The molecule has 3 heterocycles. The lowest BCUT2D eigenvalue weighted by Gasteiger charge is -2.17. The predicted octanol–water partition coefficient (Wildman–Crippen LogP) is 25.0. The number of carbonyl (C=O) groups is 1. The zero-order valence-electron chi connectivity index (χ0n) is 63.7. The zero-order chi connectivity index (χ0) is 73.2. The van der Waals surface area contributed by atoms with E-state index in [1.54, 1.807) is 30.3 Å². The van der Waals surface area contributed by atoms with Crippen LogP contribution in [0.3, 0.4) is 0 Å². The SMILES string of the molecule is C1=Cc2ccccc2C1.CC.CC.CC.CC.CC.CC.CC.CC.CNCNC(=O)c1ccccc1.c1ccc(-c2ccccc2)cc1.c1ccc(N2CCCC2)cc1.c1ccc2c(c1)CCCC2.c1ccc2c(c1)OCCO2.c1ccc2c(c1)OCO2.c1ccc2ccccc2c1. The third-order valence-electron chi connectivity index (χ3n) is 13.9. The average molecular weight is 1340 g/mol. The monoisotopic (exact) mass is 1340 g/mol. The van der Waals surface area contributed by atoms with Crippen molar-refractivity contribution in [2.24, 2.45) is 0 Å². The molecule has 10 aromatic carbocycles. The number of rotatable bonds is 5. The van der Waals surface area contributed by atoms with Crippen molar-refractivity contribution in [1.82, 2.24) is 10.6 Å². The molecule has 8 nitrogen and oxygen atoms in total. The lowest BCUT2D eigenvalue weighted by Crippen LogP contribution is -2.31. The molecule has 0 saturated carbocycles. The maximum atomic E-state index is 11.3. The summed E-state index contributed by atoms with van der Waals surface area (Å²) < 4.78 is 20.7. The number of amides is 1. The molecule has 10 aromatic rings. The van der Waals surface area contributed by atoms with Gasteiger partial charge >= 0.3 is 0 Å². The topological polar surface area (TPSA) is 81.3 Å². The minimum Gasteiger partial charge on any atom is -0.486 e. The number of allylic oxidation sites excluding steroid dienone is 1. The van der Waals surface area contributed by atoms with E-state index in [0.717, 1.165) is 29.4 Å². The molecular weight excluding hydrogens is 1220 g/mol. The van der Waals surface area contributed by atoms with Crippen molar-refractivity contribution in [2.75, 3.05) is 51.7 Å². The number of benzene rings is 10. The molecule has 2 aliphatic carbocycles. The van der Waals surface area contributed by atoms with E-state index in [1.807, 2.05) is 190 Å². The van der Waals surface area contributed by atoms with Gasteiger partial charge in [0.25, 0.3) is 5.91 Å². The van der Waals surface area contributed by atoms with Crippen LogP contribution in [-0.4, -0.2) is 52.7 Å². The molecule has 0 atom stereocenters. The van der Waals surface area contributed by atoms with Gasteiger partial charge in [-0.05, 0) is 145 Å². The summed E-state index contributed by atoms with van der Waals surface area (Å²) >= 11 is 0. The maximum Gasteiger partial charge on any atom is 0.252 e. The summed E-state index contributed by atoms with van der Waals surface area (Å²) in [5.74, 6) is 3.35. The summed E-state index contributed by atoms with van der Waals surface area (Å²) in [5.41, 5.74) is 10.6. The Morgan fingerprint density at radius 2 is 0.697 bits per heavy atom. The standard InChI is InChI=1S/C12H10.C10H13N.C10H12.C10H8.C9H12N2O.C9H8.C8H8O2.C7H6O2.8C2H6/c1-3-7-11(8-4-1)12-9-5-2-6-10-12;1-2-6-10(7-3-1)11-8-4-5-9-11;2*1-2-6-10-8-4-3-7-9(10)5-1;1-10-7-11-9(12)8-5-3-2-4-6-8;1-2-5-9-7-3-6-8(9)4-1;1-2-4-8-7(3-1)9-5-6-10-8;1-2-4-7-6(3-1)8-5-9-7;8*1-2/h1-10H;1-3,6-7H,4-5,8-9H2;1-2,5-6H,3-4,7-8H2;1-8H;2-6,10H,7H2,1H3,(H,11,12);1-6H,7H2;1-4H,5-6H2;1-4H,5H2;8*1-2H3. The summed E-state index contributed by atoms with van der Waals surface area (Å²) in [6.45, 7) is 36.7. The molecule has 8 heteroatoms. The highest BCUT2D eigenvalue weighted by molar-refractivity contribution is 5.94. The van der Waals surface area contributed by atoms with Gasteiger partial charge in [0.2, 0.25) is 6.79 Å². The zero-order valence-corrected chi connectivity index (χ0v) is 63.7. The first-order valence-corrected chi connectivity index (χ1v) is 36.9. The van der Waals surface area contributed by atoms with Crippen LogP contribution in [0.5, 0.6) is 23.0 Å². The molecule has 15 rings (SSSR count). The minimum atomic E-state index is -0.0510. The normalized spacial score (nSPS) is 11.4. The molecular formula is C91H125N3O5. The molecule has 3 aliphatic heterocycles. The number of para-hydroxylation sites is 5. The molecule has 0 radical (unpaired) electrons. The van der Waals surface area contributed by atoms with E-state index >= 15 is 0 Å². The largest absolute Gasteiger partial charge is 0.486 e. The first-order chi connectivity index (χ1) is 49.1. The van der Waals surface area contributed by atoms with E-state index in [2.05, 4.69) is 204 Å². The van der Waals surface area contributed by atoms with Crippen molar-refractivity contribution in [2.45, 2.75) is 156 Å². The number of nitrogens with zero attached hydrogens (tertiary/aromatic N) is 1. The first kappa shape index (κ1) is 89.6. The van der Waals surface area contributed by atoms with Crippen molar-refractivity contribution in [1.29, 1.82) is 0 Å². The maximum absolute atomic E-state index is 11.3. The fourth-order valence-corrected chi connectivity index (χ4v) is 9.58. The Bertz CT molecular complexity index is 3210. The molecule has 99 heavy (non-hydrogen) atoms. The van der Waals surface area contributed by atoms with Gasteiger partial charge in [-0.1, -0.05) is 341 Å². The van der Waals surface area contributed by atoms with Gasteiger partial charge in [0, 0.05) is 24.3 Å². The summed E-state index contributed by atoms with van der Waals surface area (Å²) in [4.78, 5) is 13.7. The number of anilines is 1. The van der Waals surface area contributed by atoms with Gasteiger partial charge in [0.1, 0.15) is 13.2 Å². The highest BCUT2D eigenvalue weighted by Crippen LogP contribution is 2.31. The van der Waals surface area contributed by atoms with Crippen LogP contribution in [0.4, 0.5) is 5.69 Å². The van der Waals surface area contributed by atoms with Gasteiger partial charge < -0.3 is 34.5 Å². The molecule has 0 spiro atoms. The van der Waals surface area contributed by atoms with Gasteiger partial charge in [0.15, 0.2) is 23.0 Å². The Morgan fingerprint density at radius 3 is 1.09 bits per heavy atom. The summed E-state index contributed by atoms with van der Waals surface area (Å²) in [6.07, 6.45) is 13.6. The van der Waals surface area contributed by atoms with Crippen molar-refractivity contribution in [3.63, 3.8) is 0 Å². The first-order valence-electron chi connectivity index (χ1n) is 36.9. The van der Waals surface area contributed by atoms with Crippen LogP contribution >= 0.6 is 0 Å². The second kappa shape index (κ2) is 63.4. The number of ether oxygens (including phenoxy) is 4. The van der Waals surface area contributed by atoms with Crippen LogP contribution in [-0.2, 0) is 19.3 Å². The Kier molecular flexibility index (Phi) is 57.4. The Morgan fingerprint density at radius 1 is 0.364 bits per heavy atom. The highest BCUT2D eigenvalue weighted by Gasteiger charge is 2.12. The van der Waals surface area contributed by atoms with Crippen LogP contribution in [0.2, 0.25) is 0 Å². The number of fused-ring (bicyclic) bond motifs is 5. The molecule has 0 aromatic heterocycles. The smallest absolute Gasteiger partial charge is 0.252 e. The number of aryl methyl sites for hydroxylation is 2. The molecule has 1 amide bonds. The van der Waals surface area contributed by atoms with Crippen molar-refractivity contribution >= 4 is 28.4 Å². The molecule has 0 unspecified atom stereocenters. The third kappa shape index (κ3) is 37.2. The van der Waals surface area contributed by atoms with Crippen LogP contribution in [0, 0.1) is 0 Å². The van der Waals surface area contributed by atoms with E-state index in [4.69, 9.17) is 18.9 Å². The van der Waals surface area contributed by atoms with Gasteiger partial charge in [-0.3, -0.25) is 4.79 Å². The Balaban J connectivity index is 0.00000108. The van der Waals surface area contributed by atoms with Gasteiger partial charge in [-0.25, -0.2) is 0 Å². The Hall–Kier alpha value is -9.37. The summed E-state index contributed by atoms with van der Waals surface area (Å²) in [7, 11) is 1.78. The molecule has 0 bridgehead atoms. The van der Waals surface area contributed by atoms with Crippen molar-refractivity contribution in [3.05, 3.63) is 301 Å². The molecule has 1 saturated heterocycles. The lowest BCUT2D eigenvalue weighted by atomic mass is 9.92. The predicted molar refractivity (Wildman–Crippen MR) is 435 cm³/mol. The summed E-state index contributed by atoms with van der Waals surface area (Å²) in [6, 6.07) is 89.9. The van der Waals surface area contributed by atoms with Crippen LogP contribution in [0.25, 0.3) is 28.0 Å². The number of hydrogen-bond donors (Lipinski definition) is 2. The van der Waals surface area contributed by atoms with Gasteiger partial charge in [-0.15, -0.1) is 0 Å². The molecule has 534 valence electrons. The second-order valence-corrected chi connectivity index (χ2v) is 19.8. The second-order valence-electron chi connectivity index (χ2n) is 19.8. The Labute approximate surface area is 601 Å². The van der Waals surface area contributed by atoms with E-state index in [1.165, 1.54) is 90.3 Å². The number of carbonyl (C=O) groups excluding carboxylic acids is 1. The van der Waals surface area contributed by atoms with E-state index in [9.17, 15) is 4.79 Å². The third-order valence-corrected chi connectivity index (χ3v) is 13.9. The van der Waals surface area contributed by atoms with Crippen molar-refractivity contribution in [3.8, 4) is 34.1 Å². The van der Waals surface area contributed by atoms with Crippen molar-refractivity contribution < 1.29 is 23.7 Å².